The van der Waals surface area contributed by atoms with Crippen LogP contribution in [0.2, 0.25) is 0 Å². The molecule has 2 aromatic rings. The number of hydrogen-bond acceptors (Lipinski definition) is 4. The zero-order valence-corrected chi connectivity index (χ0v) is 14.9. The monoisotopic (exact) mass is 329 g/mol. The van der Waals surface area contributed by atoms with Crippen molar-refractivity contribution in [2.75, 3.05) is 18.1 Å². The average molecular weight is 329 g/mol. The summed E-state index contributed by atoms with van der Waals surface area (Å²) in [6.07, 6.45) is 2.61. The molecule has 122 valence electrons. The lowest BCUT2D eigenvalue weighted by Gasteiger charge is -2.21. The van der Waals surface area contributed by atoms with Gasteiger partial charge in [0.25, 0.3) is 0 Å². The van der Waals surface area contributed by atoms with Gasteiger partial charge in [0.05, 0.1) is 11.6 Å². The number of likely N-dealkylation sites (tertiary alicyclic amines) is 1. The van der Waals surface area contributed by atoms with Crippen molar-refractivity contribution in [3.8, 4) is 0 Å². The first-order chi connectivity index (χ1) is 11.0. The molecule has 0 radical (unpaired) electrons. The fourth-order valence-corrected chi connectivity index (χ4v) is 3.55. The van der Waals surface area contributed by atoms with Gasteiger partial charge in [0.2, 0.25) is 5.91 Å². The second kappa shape index (κ2) is 6.40. The van der Waals surface area contributed by atoms with E-state index < -0.39 is 0 Å². The fraction of sp³-hybridized carbons (Fsp3) is 0.444. The Kier molecular flexibility index (Phi) is 4.48. The van der Waals surface area contributed by atoms with Crippen LogP contribution in [0.4, 0.5) is 5.82 Å². The van der Waals surface area contributed by atoms with Crippen LogP contribution in [0.5, 0.6) is 0 Å². The van der Waals surface area contributed by atoms with E-state index in [2.05, 4.69) is 56.6 Å². The van der Waals surface area contributed by atoms with Crippen molar-refractivity contribution in [2.24, 2.45) is 0 Å². The maximum Gasteiger partial charge on any atom is 0.225 e. The summed E-state index contributed by atoms with van der Waals surface area (Å²) in [4.78, 5) is 19.9. The third-order valence-corrected chi connectivity index (χ3v) is 5.08. The quantitative estimate of drug-likeness (QED) is 0.869. The van der Waals surface area contributed by atoms with Crippen LogP contribution < -0.4 is 5.32 Å². The Morgan fingerprint density at radius 2 is 2.13 bits per heavy atom. The van der Waals surface area contributed by atoms with Crippen LogP contribution in [-0.4, -0.2) is 40.7 Å². The molecule has 1 atom stereocenters. The van der Waals surface area contributed by atoms with Crippen LogP contribution >= 0.6 is 11.8 Å². The van der Waals surface area contributed by atoms with Gasteiger partial charge in [0, 0.05) is 29.3 Å². The molecule has 1 unspecified atom stereocenters. The van der Waals surface area contributed by atoms with E-state index in [0.29, 0.717) is 6.42 Å². The topological polar surface area (TPSA) is 45.2 Å². The standard InChI is InChI=1S/C18H23N3OS/c1-11(2)21-10-13(8-18(21)22)19-17-7-12(3)15-6-5-14(23-4)9-16(15)20-17/h5-7,9,11,13H,8,10H2,1-4H3,(H,19,20). The number of hydrogen-bond donors (Lipinski definition) is 1. The number of nitrogens with zero attached hydrogens (tertiary/aromatic N) is 2. The van der Waals surface area contributed by atoms with Crippen LogP contribution in [0.25, 0.3) is 10.9 Å². The Hall–Kier alpha value is -1.75. The Morgan fingerprint density at radius 3 is 2.78 bits per heavy atom. The summed E-state index contributed by atoms with van der Waals surface area (Å²) in [6, 6.07) is 8.85. The van der Waals surface area contributed by atoms with Crippen LogP contribution in [0.15, 0.2) is 29.2 Å². The summed E-state index contributed by atoms with van der Waals surface area (Å²) in [5.41, 5.74) is 2.21. The van der Waals surface area contributed by atoms with Gasteiger partial charge < -0.3 is 10.2 Å². The normalized spacial score (nSPS) is 18.2. The van der Waals surface area contributed by atoms with Gasteiger partial charge >= 0.3 is 0 Å². The zero-order chi connectivity index (χ0) is 16.6. The first-order valence-electron chi connectivity index (χ1n) is 7.99. The van der Waals surface area contributed by atoms with E-state index in [0.717, 1.165) is 17.9 Å². The molecule has 23 heavy (non-hydrogen) atoms. The van der Waals surface area contributed by atoms with Gasteiger partial charge in [-0.15, -0.1) is 11.8 Å². The van der Waals surface area contributed by atoms with Gasteiger partial charge in [-0.05, 0) is 50.8 Å². The number of carbonyl (C=O) groups is 1. The van der Waals surface area contributed by atoms with Crippen molar-refractivity contribution in [3.63, 3.8) is 0 Å². The summed E-state index contributed by atoms with van der Waals surface area (Å²) in [5.74, 6) is 1.08. The van der Waals surface area contributed by atoms with Crippen molar-refractivity contribution in [3.05, 3.63) is 29.8 Å². The second-order valence-electron chi connectivity index (χ2n) is 6.39. The van der Waals surface area contributed by atoms with Crippen LogP contribution in [0, 0.1) is 6.92 Å². The second-order valence-corrected chi connectivity index (χ2v) is 7.27. The maximum absolute atomic E-state index is 12.0. The number of amides is 1. The highest BCUT2D eigenvalue weighted by molar-refractivity contribution is 7.98. The number of aromatic nitrogens is 1. The molecule has 1 aromatic carbocycles. The number of carbonyl (C=O) groups excluding carboxylic acids is 1. The molecule has 4 nitrogen and oxygen atoms in total. The van der Waals surface area contributed by atoms with E-state index in [1.807, 2.05) is 4.90 Å². The number of thioether (sulfide) groups is 1. The summed E-state index contributed by atoms with van der Waals surface area (Å²) >= 11 is 1.72. The smallest absolute Gasteiger partial charge is 0.225 e. The van der Waals surface area contributed by atoms with E-state index in [1.54, 1.807) is 11.8 Å². The first-order valence-corrected chi connectivity index (χ1v) is 9.22. The predicted octanol–water partition coefficient (Wildman–Crippen LogP) is 3.69. The van der Waals surface area contributed by atoms with E-state index >= 15 is 0 Å². The lowest BCUT2D eigenvalue weighted by molar-refractivity contribution is -0.129. The molecule has 1 saturated heterocycles. The van der Waals surface area contributed by atoms with Crippen LogP contribution in [0.1, 0.15) is 25.8 Å². The highest BCUT2D eigenvalue weighted by Crippen LogP contribution is 2.26. The minimum absolute atomic E-state index is 0.137. The third kappa shape index (κ3) is 3.29. The molecule has 0 saturated carbocycles. The minimum Gasteiger partial charge on any atom is -0.365 e. The fourth-order valence-electron chi connectivity index (χ4n) is 3.12. The number of rotatable bonds is 4. The first kappa shape index (κ1) is 16.1. The van der Waals surface area contributed by atoms with Gasteiger partial charge in [-0.25, -0.2) is 4.98 Å². The van der Waals surface area contributed by atoms with Crippen LogP contribution in [0.3, 0.4) is 0 Å². The van der Waals surface area contributed by atoms with Crippen molar-refractivity contribution in [2.45, 2.75) is 44.2 Å². The molecule has 0 aliphatic carbocycles. The molecule has 1 aromatic heterocycles. The average Bonchev–Trinajstić information content (AvgIpc) is 2.87. The number of benzene rings is 1. The summed E-state index contributed by atoms with van der Waals surface area (Å²) < 4.78 is 0. The molecule has 5 heteroatoms. The summed E-state index contributed by atoms with van der Waals surface area (Å²) in [7, 11) is 0. The molecule has 1 aliphatic rings. The Balaban J connectivity index is 1.85. The number of fused-ring (bicyclic) bond motifs is 1. The van der Waals surface area contributed by atoms with Crippen LogP contribution in [-0.2, 0) is 4.79 Å². The maximum atomic E-state index is 12.0. The van der Waals surface area contributed by atoms with E-state index in [4.69, 9.17) is 4.98 Å². The zero-order valence-electron chi connectivity index (χ0n) is 14.1. The highest BCUT2D eigenvalue weighted by atomic mass is 32.2. The summed E-state index contributed by atoms with van der Waals surface area (Å²) in [5, 5.41) is 4.63. The molecule has 2 heterocycles. The van der Waals surface area contributed by atoms with Crippen molar-refractivity contribution in [1.29, 1.82) is 0 Å². The molecule has 1 N–H and O–H groups in total. The van der Waals surface area contributed by atoms with Crippen molar-refractivity contribution in [1.82, 2.24) is 9.88 Å². The Morgan fingerprint density at radius 1 is 1.35 bits per heavy atom. The molecular weight excluding hydrogens is 306 g/mol. The predicted molar refractivity (Wildman–Crippen MR) is 97.1 cm³/mol. The molecule has 0 bridgehead atoms. The molecule has 1 amide bonds. The Labute approximate surface area is 141 Å². The van der Waals surface area contributed by atoms with E-state index in [9.17, 15) is 4.79 Å². The summed E-state index contributed by atoms with van der Waals surface area (Å²) in [6.45, 7) is 6.97. The number of aryl methyl sites for hydroxylation is 1. The third-order valence-electron chi connectivity index (χ3n) is 4.36. The number of pyridine rings is 1. The van der Waals surface area contributed by atoms with Gasteiger partial charge in [-0.3, -0.25) is 4.79 Å². The van der Waals surface area contributed by atoms with E-state index in [-0.39, 0.29) is 18.0 Å². The van der Waals surface area contributed by atoms with E-state index in [1.165, 1.54) is 15.8 Å². The lowest BCUT2D eigenvalue weighted by Crippen LogP contribution is -2.33. The van der Waals surface area contributed by atoms with Gasteiger partial charge in [0.1, 0.15) is 5.82 Å². The number of anilines is 1. The number of nitrogens with one attached hydrogen (secondary N) is 1. The lowest BCUT2D eigenvalue weighted by atomic mass is 10.1. The Bertz CT molecular complexity index is 744. The van der Waals surface area contributed by atoms with Crippen molar-refractivity contribution >= 4 is 34.4 Å². The van der Waals surface area contributed by atoms with Gasteiger partial charge in [-0.1, -0.05) is 6.07 Å². The molecule has 1 aliphatic heterocycles. The van der Waals surface area contributed by atoms with Gasteiger partial charge in [0.15, 0.2) is 0 Å². The van der Waals surface area contributed by atoms with Gasteiger partial charge in [-0.2, -0.15) is 0 Å². The minimum atomic E-state index is 0.137. The largest absolute Gasteiger partial charge is 0.365 e. The molecule has 3 rings (SSSR count). The van der Waals surface area contributed by atoms with Crippen molar-refractivity contribution < 1.29 is 4.79 Å². The SMILES string of the molecule is CSc1ccc2c(C)cc(NC3CC(=O)N(C(C)C)C3)nc2c1. The highest BCUT2D eigenvalue weighted by Gasteiger charge is 2.31. The molecular formula is C18H23N3OS. The molecule has 0 spiro atoms. The molecule has 1 fully saturated rings.